The van der Waals surface area contributed by atoms with Crippen molar-refractivity contribution in [1.82, 2.24) is 10.1 Å². The van der Waals surface area contributed by atoms with Crippen LogP contribution >= 0.6 is 0 Å². The number of hydrogen-bond donors (Lipinski definition) is 1. The summed E-state index contributed by atoms with van der Waals surface area (Å²) in [6.45, 7) is 1.34. The van der Waals surface area contributed by atoms with Crippen LogP contribution in [0.2, 0.25) is 0 Å². The van der Waals surface area contributed by atoms with Gasteiger partial charge in [0, 0.05) is 12.5 Å². The predicted octanol–water partition coefficient (Wildman–Crippen LogP) is 1.71. The van der Waals surface area contributed by atoms with Crippen molar-refractivity contribution in [3.63, 3.8) is 0 Å². The molecular weight excluding hydrogens is 248 g/mol. The Balaban J connectivity index is 1.80. The Morgan fingerprint density at radius 1 is 1.37 bits per heavy atom. The van der Waals surface area contributed by atoms with Gasteiger partial charge >= 0.3 is 5.97 Å². The molecule has 6 heteroatoms. The molecule has 2 heterocycles. The highest BCUT2D eigenvalue weighted by Gasteiger charge is 2.34. The third-order valence-electron chi connectivity index (χ3n) is 3.82. The van der Waals surface area contributed by atoms with Crippen molar-refractivity contribution in [2.75, 3.05) is 13.2 Å². The number of carboxylic acid groups (broad SMARTS) is 1. The number of carboxylic acids is 1. The van der Waals surface area contributed by atoms with Crippen molar-refractivity contribution in [2.45, 2.75) is 31.1 Å². The SMILES string of the molecule is O=C(O)[C@H]1CC=CC[C@H]1c1nc(C2CCOC2)no1. The highest BCUT2D eigenvalue weighted by molar-refractivity contribution is 5.71. The predicted molar refractivity (Wildman–Crippen MR) is 64.7 cm³/mol. The number of nitrogens with zero attached hydrogens (tertiary/aromatic N) is 2. The van der Waals surface area contributed by atoms with Crippen LogP contribution in [0, 0.1) is 5.92 Å². The minimum absolute atomic E-state index is 0.180. The second-order valence-corrected chi connectivity index (χ2v) is 5.05. The molecule has 1 aliphatic heterocycles. The molecule has 6 nitrogen and oxygen atoms in total. The fraction of sp³-hybridized carbons (Fsp3) is 0.615. The van der Waals surface area contributed by atoms with Crippen molar-refractivity contribution >= 4 is 5.97 Å². The van der Waals surface area contributed by atoms with E-state index in [1.165, 1.54) is 0 Å². The van der Waals surface area contributed by atoms with Crippen LogP contribution < -0.4 is 0 Å². The van der Waals surface area contributed by atoms with Crippen LogP contribution in [0.4, 0.5) is 0 Å². The van der Waals surface area contributed by atoms with Crippen LogP contribution in [0.3, 0.4) is 0 Å². The molecule has 1 aliphatic carbocycles. The normalized spacial score (nSPS) is 30.6. The zero-order valence-corrected chi connectivity index (χ0v) is 10.5. The monoisotopic (exact) mass is 264 g/mol. The van der Waals surface area contributed by atoms with E-state index in [1.807, 2.05) is 12.2 Å². The van der Waals surface area contributed by atoms with E-state index in [0.717, 1.165) is 13.0 Å². The number of ether oxygens (including phenoxy) is 1. The van der Waals surface area contributed by atoms with E-state index in [-0.39, 0.29) is 11.8 Å². The zero-order valence-electron chi connectivity index (χ0n) is 10.5. The molecule has 1 saturated heterocycles. The standard InChI is InChI=1S/C13H16N2O4/c16-13(17)10-4-2-1-3-9(10)12-14-11(15-19-12)8-5-6-18-7-8/h1-2,8-10H,3-7H2,(H,16,17)/t8?,9-,10+/m1/s1. The maximum Gasteiger partial charge on any atom is 0.307 e. The third kappa shape index (κ3) is 2.40. The van der Waals surface area contributed by atoms with Crippen molar-refractivity contribution in [3.05, 3.63) is 23.9 Å². The van der Waals surface area contributed by atoms with Gasteiger partial charge in [-0.15, -0.1) is 0 Å². The first-order valence-electron chi connectivity index (χ1n) is 6.54. The average molecular weight is 264 g/mol. The quantitative estimate of drug-likeness (QED) is 0.836. The number of hydrogen-bond acceptors (Lipinski definition) is 5. The summed E-state index contributed by atoms with van der Waals surface area (Å²) in [6.07, 6.45) is 5.93. The largest absolute Gasteiger partial charge is 0.481 e. The van der Waals surface area contributed by atoms with Crippen molar-refractivity contribution in [2.24, 2.45) is 5.92 Å². The Labute approximate surface area is 110 Å². The first kappa shape index (κ1) is 12.3. The van der Waals surface area contributed by atoms with Gasteiger partial charge in [-0.3, -0.25) is 4.79 Å². The summed E-state index contributed by atoms with van der Waals surface area (Å²) in [5, 5.41) is 13.2. The van der Waals surface area contributed by atoms with Crippen LogP contribution in [0.5, 0.6) is 0 Å². The maximum absolute atomic E-state index is 11.3. The first-order chi connectivity index (χ1) is 9.25. The lowest BCUT2D eigenvalue weighted by atomic mass is 9.83. The summed E-state index contributed by atoms with van der Waals surface area (Å²) in [6, 6.07) is 0. The van der Waals surface area contributed by atoms with E-state index in [4.69, 9.17) is 9.26 Å². The number of rotatable bonds is 3. The minimum Gasteiger partial charge on any atom is -0.481 e. The molecule has 1 aromatic rings. The summed E-state index contributed by atoms with van der Waals surface area (Å²) in [5.74, 6) is -0.229. The number of carbonyl (C=O) groups is 1. The van der Waals surface area contributed by atoms with Crippen LogP contribution in [0.1, 0.15) is 42.8 Å². The highest BCUT2D eigenvalue weighted by Crippen LogP contribution is 2.35. The Hall–Kier alpha value is -1.69. The molecule has 3 rings (SSSR count). The molecule has 2 aliphatic rings. The molecule has 19 heavy (non-hydrogen) atoms. The molecule has 0 saturated carbocycles. The molecule has 0 bridgehead atoms. The molecule has 1 fully saturated rings. The third-order valence-corrected chi connectivity index (χ3v) is 3.82. The summed E-state index contributed by atoms with van der Waals surface area (Å²) in [7, 11) is 0. The van der Waals surface area contributed by atoms with Crippen LogP contribution in [0.15, 0.2) is 16.7 Å². The van der Waals surface area contributed by atoms with Gasteiger partial charge in [0.25, 0.3) is 0 Å². The van der Waals surface area contributed by atoms with Gasteiger partial charge in [0.15, 0.2) is 5.82 Å². The maximum atomic E-state index is 11.3. The number of allylic oxidation sites excluding steroid dienone is 2. The van der Waals surface area contributed by atoms with Crippen molar-refractivity contribution in [1.29, 1.82) is 0 Å². The van der Waals surface area contributed by atoms with Gasteiger partial charge in [-0.05, 0) is 19.3 Å². The van der Waals surface area contributed by atoms with Gasteiger partial charge in [-0.25, -0.2) is 0 Å². The van der Waals surface area contributed by atoms with E-state index in [0.29, 0.717) is 31.2 Å². The molecule has 3 atom stereocenters. The fourth-order valence-corrected chi connectivity index (χ4v) is 2.66. The molecule has 1 unspecified atom stereocenters. The number of aromatic nitrogens is 2. The lowest BCUT2D eigenvalue weighted by Crippen LogP contribution is -2.23. The van der Waals surface area contributed by atoms with Crippen LogP contribution in [0.25, 0.3) is 0 Å². The Morgan fingerprint density at radius 3 is 2.95 bits per heavy atom. The fourth-order valence-electron chi connectivity index (χ4n) is 2.66. The van der Waals surface area contributed by atoms with Gasteiger partial charge in [0.05, 0.1) is 18.4 Å². The Kier molecular flexibility index (Phi) is 3.33. The molecule has 0 spiro atoms. The molecular formula is C13H16N2O4. The minimum atomic E-state index is -0.807. The molecule has 1 N–H and O–H groups in total. The second-order valence-electron chi connectivity index (χ2n) is 5.05. The summed E-state index contributed by atoms with van der Waals surface area (Å²) < 4.78 is 10.6. The van der Waals surface area contributed by atoms with Gasteiger partial charge in [0.2, 0.25) is 5.89 Å². The van der Waals surface area contributed by atoms with Crippen LogP contribution in [-0.2, 0) is 9.53 Å². The molecule has 0 amide bonds. The van der Waals surface area contributed by atoms with E-state index >= 15 is 0 Å². The molecule has 102 valence electrons. The lowest BCUT2D eigenvalue weighted by Gasteiger charge is -2.21. The van der Waals surface area contributed by atoms with E-state index in [2.05, 4.69) is 10.1 Å². The van der Waals surface area contributed by atoms with Gasteiger partial charge in [-0.2, -0.15) is 4.98 Å². The van der Waals surface area contributed by atoms with Gasteiger partial charge in [0.1, 0.15) is 0 Å². The van der Waals surface area contributed by atoms with Crippen molar-refractivity contribution < 1.29 is 19.2 Å². The molecule has 0 radical (unpaired) electrons. The number of aliphatic carboxylic acids is 1. The smallest absolute Gasteiger partial charge is 0.307 e. The first-order valence-corrected chi connectivity index (χ1v) is 6.54. The summed E-state index contributed by atoms with van der Waals surface area (Å²) >= 11 is 0. The second kappa shape index (κ2) is 5.13. The van der Waals surface area contributed by atoms with E-state index in [9.17, 15) is 9.90 Å². The lowest BCUT2D eigenvalue weighted by molar-refractivity contribution is -0.142. The summed E-state index contributed by atoms with van der Waals surface area (Å²) in [5.41, 5.74) is 0. The average Bonchev–Trinajstić information content (AvgIpc) is 3.09. The Morgan fingerprint density at radius 2 is 2.21 bits per heavy atom. The highest BCUT2D eigenvalue weighted by atomic mass is 16.5. The Bertz CT molecular complexity index is 491. The topological polar surface area (TPSA) is 85.5 Å². The van der Waals surface area contributed by atoms with E-state index < -0.39 is 11.9 Å². The van der Waals surface area contributed by atoms with Crippen LogP contribution in [-0.4, -0.2) is 34.4 Å². The zero-order chi connectivity index (χ0) is 13.2. The van der Waals surface area contributed by atoms with E-state index in [1.54, 1.807) is 0 Å². The molecule has 1 aromatic heterocycles. The van der Waals surface area contributed by atoms with Crippen molar-refractivity contribution in [3.8, 4) is 0 Å². The summed E-state index contributed by atoms with van der Waals surface area (Å²) in [4.78, 5) is 15.7. The van der Waals surface area contributed by atoms with Gasteiger partial charge < -0.3 is 14.4 Å². The molecule has 0 aromatic carbocycles. The van der Waals surface area contributed by atoms with Gasteiger partial charge in [-0.1, -0.05) is 17.3 Å².